The Kier molecular flexibility index (Phi) is 3.28. The first kappa shape index (κ1) is 11.8. The van der Waals surface area contributed by atoms with Crippen LogP contribution in [0.2, 0.25) is 0 Å². The molecule has 1 heteroatoms. The van der Waals surface area contributed by atoms with Crippen molar-refractivity contribution in [2.24, 2.45) is 0 Å². The molecule has 0 N–H and O–H groups in total. The van der Waals surface area contributed by atoms with Crippen molar-refractivity contribution in [2.45, 2.75) is 33.1 Å². The predicted octanol–water partition coefficient (Wildman–Crippen LogP) is 4.23. The first-order valence-corrected chi connectivity index (χ1v) is 6.12. The van der Waals surface area contributed by atoms with Crippen molar-refractivity contribution in [3.63, 3.8) is 0 Å². The molecular weight excluding hydrogens is 208 g/mol. The van der Waals surface area contributed by atoms with Crippen LogP contribution in [0.1, 0.15) is 37.3 Å². The Hall–Kier alpha value is -1.63. The highest BCUT2D eigenvalue weighted by molar-refractivity contribution is 5.88. The smallest absolute Gasteiger partial charge is 0.137 e. The fraction of sp³-hybridized carbons (Fsp3) is 0.312. The number of aryl methyl sites for hydroxylation is 1. The zero-order valence-electron chi connectivity index (χ0n) is 10.7. The fourth-order valence-electron chi connectivity index (χ4n) is 2.36. The molecule has 0 amide bonds. The van der Waals surface area contributed by atoms with Gasteiger partial charge in [-0.1, -0.05) is 48.9 Å². The van der Waals surface area contributed by atoms with Gasteiger partial charge in [0.15, 0.2) is 0 Å². The van der Waals surface area contributed by atoms with E-state index in [1.54, 1.807) is 6.92 Å². The number of rotatable bonds is 3. The number of carbonyl (C=O) groups excluding carboxylic acids is 1. The molecule has 0 spiro atoms. The highest BCUT2D eigenvalue weighted by Gasteiger charge is 2.14. The van der Waals surface area contributed by atoms with Crippen LogP contribution < -0.4 is 0 Å². The van der Waals surface area contributed by atoms with Gasteiger partial charge >= 0.3 is 0 Å². The Bertz CT molecular complexity index is 554. The molecule has 2 rings (SSSR count). The summed E-state index contributed by atoms with van der Waals surface area (Å²) in [6.07, 6.45) is 0.868. The third-order valence-corrected chi connectivity index (χ3v) is 3.32. The standard InChI is InChI=1S/C16H18O/c1-4-16(12(3)17)15-8-7-13-9-11(2)5-6-14(13)10-15/h5-10,16H,4H2,1-3H3/t16-/m0/s1. The van der Waals surface area contributed by atoms with Crippen LogP contribution in [0, 0.1) is 6.92 Å². The molecule has 0 heterocycles. The van der Waals surface area contributed by atoms with E-state index in [-0.39, 0.29) is 11.7 Å². The van der Waals surface area contributed by atoms with Crippen molar-refractivity contribution in [1.29, 1.82) is 0 Å². The first-order valence-electron chi connectivity index (χ1n) is 6.12. The minimum absolute atomic E-state index is 0.0423. The molecule has 88 valence electrons. The molecule has 1 nitrogen and oxygen atoms in total. The minimum atomic E-state index is 0.0423. The second-order valence-electron chi connectivity index (χ2n) is 4.68. The highest BCUT2D eigenvalue weighted by Crippen LogP contribution is 2.25. The number of hydrogen-bond acceptors (Lipinski definition) is 1. The molecule has 0 fully saturated rings. The normalized spacial score (nSPS) is 12.6. The Balaban J connectivity index is 2.50. The number of carbonyl (C=O) groups is 1. The van der Waals surface area contributed by atoms with E-state index in [1.807, 2.05) is 0 Å². The summed E-state index contributed by atoms with van der Waals surface area (Å²) in [5.74, 6) is 0.291. The van der Waals surface area contributed by atoms with Crippen LogP contribution in [0.15, 0.2) is 36.4 Å². The number of hydrogen-bond donors (Lipinski definition) is 0. The van der Waals surface area contributed by atoms with Crippen LogP contribution in [-0.4, -0.2) is 5.78 Å². The van der Waals surface area contributed by atoms with Gasteiger partial charge in [-0.15, -0.1) is 0 Å². The first-order chi connectivity index (χ1) is 8.11. The van der Waals surface area contributed by atoms with Gasteiger partial charge in [0.1, 0.15) is 5.78 Å². The summed E-state index contributed by atoms with van der Waals surface area (Å²) >= 11 is 0. The molecule has 1 atom stereocenters. The van der Waals surface area contributed by atoms with Crippen LogP contribution in [0.25, 0.3) is 10.8 Å². The van der Waals surface area contributed by atoms with Gasteiger partial charge < -0.3 is 0 Å². The summed E-state index contributed by atoms with van der Waals surface area (Å²) in [4.78, 5) is 11.6. The molecule has 0 unspecified atom stereocenters. The van der Waals surface area contributed by atoms with Crippen LogP contribution in [0.3, 0.4) is 0 Å². The minimum Gasteiger partial charge on any atom is -0.299 e. The maximum absolute atomic E-state index is 11.6. The van der Waals surface area contributed by atoms with Crippen molar-refractivity contribution >= 4 is 16.6 Å². The van der Waals surface area contributed by atoms with E-state index in [4.69, 9.17) is 0 Å². The molecule has 0 saturated carbocycles. The van der Waals surface area contributed by atoms with Crippen molar-refractivity contribution in [3.05, 3.63) is 47.5 Å². The van der Waals surface area contributed by atoms with E-state index >= 15 is 0 Å². The molecule has 0 aliphatic heterocycles. The zero-order valence-corrected chi connectivity index (χ0v) is 10.7. The van der Waals surface area contributed by atoms with Crippen molar-refractivity contribution in [3.8, 4) is 0 Å². The molecule has 2 aromatic carbocycles. The van der Waals surface area contributed by atoms with Gasteiger partial charge in [0.05, 0.1) is 0 Å². The molecule has 0 bridgehead atoms. The van der Waals surface area contributed by atoms with Gasteiger partial charge in [-0.25, -0.2) is 0 Å². The SMILES string of the molecule is CC[C@@H](C(C)=O)c1ccc2cc(C)ccc2c1. The third-order valence-electron chi connectivity index (χ3n) is 3.32. The lowest BCUT2D eigenvalue weighted by Gasteiger charge is -2.12. The van der Waals surface area contributed by atoms with Gasteiger partial charge in [-0.3, -0.25) is 4.79 Å². The van der Waals surface area contributed by atoms with E-state index in [0.717, 1.165) is 12.0 Å². The largest absolute Gasteiger partial charge is 0.299 e. The molecule has 17 heavy (non-hydrogen) atoms. The van der Waals surface area contributed by atoms with E-state index in [1.165, 1.54) is 16.3 Å². The van der Waals surface area contributed by atoms with Gasteiger partial charge in [0.25, 0.3) is 0 Å². The van der Waals surface area contributed by atoms with E-state index < -0.39 is 0 Å². The average Bonchev–Trinajstić information content (AvgIpc) is 2.29. The third kappa shape index (κ3) is 2.38. The topological polar surface area (TPSA) is 17.1 Å². The van der Waals surface area contributed by atoms with Crippen molar-refractivity contribution < 1.29 is 4.79 Å². The lowest BCUT2D eigenvalue weighted by atomic mass is 9.91. The summed E-state index contributed by atoms with van der Waals surface area (Å²) in [6, 6.07) is 12.8. The molecule has 2 aromatic rings. The molecular formula is C16H18O. The van der Waals surface area contributed by atoms with Crippen LogP contribution in [0.5, 0.6) is 0 Å². The van der Waals surface area contributed by atoms with Crippen LogP contribution in [-0.2, 0) is 4.79 Å². The van der Waals surface area contributed by atoms with E-state index in [0.29, 0.717) is 0 Å². The summed E-state index contributed by atoms with van der Waals surface area (Å²) in [7, 11) is 0. The van der Waals surface area contributed by atoms with Gasteiger partial charge in [-0.05, 0) is 36.6 Å². The number of benzene rings is 2. The molecule has 0 aliphatic carbocycles. The quantitative estimate of drug-likeness (QED) is 0.765. The Morgan fingerprint density at radius 2 is 1.76 bits per heavy atom. The van der Waals surface area contributed by atoms with Crippen molar-refractivity contribution in [2.75, 3.05) is 0 Å². The van der Waals surface area contributed by atoms with Gasteiger partial charge in [0, 0.05) is 5.92 Å². The summed E-state index contributed by atoms with van der Waals surface area (Å²) in [6.45, 7) is 5.83. The Labute approximate surface area is 102 Å². The van der Waals surface area contributed by atoms with Crippen molar-refractivity contribution in [1.82, 2.24) is 0 Å². The number of Topliss-reactive ketones (excluding diaryl/α,β-unsaturated/α-hetero) is 1. The number of fused-ring (bicyclic) bond motifs is 1. The summed E-state index contributed by atoms with van der Waals surface area (Å²) in [5.41, 5.74) is 2.40. The fourth-order valence-corrected chi connectivity index (χ4v) is 2.36. The monoisotopic (exact) mass is 226 g/mol. The molecule has 0 aliphatic rings. The lowest BCUT2D eigenvalue weighted by molar-refractivity contribution is -0.118. The second kappa shape index (κ2) is 4.70. The summed E-state index contributed by atoms with van der Waals surface area (Å²) in [5, 5.41) is 2.46. The van der Waals surface area contributed by atoms with E-state index in [2.05, 4.69) is 50.2 Å². The molecule has 0 radical (unpaired) electrons. The zero-order chi connectivity index (χ0) is 12.4. The van der Waals surface area contributed by atoms with E-state index in [9.17, 15) is 4.79 Å². The predicted molar refractivity (Wildman–Crippen MR) is 72.4 cm³/mol. The number of ketones is 1. The highest BCUT2D eigenvalue weighted by atomic mass is 16.1. The average molecular weight is 226 g/mol. The van der Waals surface area contributed by atoms with Gasteiger partial charge in [-0.2, -0.15) is 0 Å². The van der Waals surface area contributed by atoms with Crippen LogP contribution in [0.4, 0.5) is 0 Å². The maximum atomic E-state index is 11.6. The van der Waals surface area contributed by atoms with Gasteiger partial charge in [0.2, 0.25) is 0 Å². The molecule has 0 saturated heterocycles. The second-order valence-corrected chi connectivity index (χ2v) is 4.68. The maximum Gasteiger partial charge on any atom is 0.137 e. The molecule has 0 aromatic heterocycles. The van der Waals surface area contributed by atoms with Crippen LogP contribution >= 0.6 is 0 Å². The lowest BCUT2D eigenvalue weighted by Crippen LogP contribution is -2.07. The summed E-state index contributed by atoms with van der Waals surface area (Å²) < 4.78 is 0. The Morgan fingerprint density at radius 1 is 1.12 bits per heavy atom. The Morgan fingerprint density at radius 3 is 2.41 bits per heavy atom.